The third-order valence-corrected chi connectivity index (χ3v) is 4.81. The van der Waals surface area contributed by atoms with Gasteiger partial charge in [-0.05, 0) is 31.7 Å². The average molecular weight is 276 g/mol. The highest BCUT2D eigenvalue weighted by Gasteiger charge is 2.28. The lowest BCUT2D eigenvalue weighted by atomic mass is 9.96. The van der Waals surface area contributed by atoms with Gasteiger partial charge in [0.05, 0.1) is 6.04 Å². The highest BCUT2D eigenvalue weighted by molar-refractivity contribution is 8.13. The van der Waals surface area contributed by atoms with Gasteiger partial charge in [-0.25, -0.2) is 0 Å². The Bertz CT molecular complexity index is 430. The van der Waals surface area contributed by atoms with Gasteiger partial charge in [-0.3, -0.25) is 4.99 Å². The predicted molar refractivity (Wildman–Crippen MR) is 85.8 cm³/mol. The normalized spacial score (nSPS) is 27.0. The summed E-state index contributed by atoms with van der Waals surface area (Å²) < 4.78 is 0. The Morgan fingerprint density at radius 2 is 2.05 bits per heavy atom. The Morgan fingerprint density at radius 1 is 1.32 bits per heavy atom. The quantitative estimate of drug-likeness (QED) is 0.882. The molecule has 0 aromatic heterocycles. The fourth-order valence-corrected chi connectivity index (χ4v) is 3.55. The molecule has 104 valence electrons. The van der Waals surface area contributed by atoms with Gasteiger partial charge in [-0.2, -0.15) is 0 Å². The fraction of sp³-hybridized carbons (Fsp3) is 0.562. The molecule has 1 saturated heterocycles. The molecule has 0 amide bonds. The molecule has 1 aromatic carbocycles. The number of benzene rings is 1. The molecule has 19 heavy (non-hydrogen) atoms. The van der Waals surface area contributed by atoms with Crippen molar-refractivity contribution in [3.63, 3.8) is 0 Å². The molecule has 1 aliphatic heterocycles. The van der Waals surface area contributed by atoms with Crippen LogP contribution in [0, 0.1) is 0 Å². The second kappa shape index (κ2) is 6.47. The molecular weight excluding hydrogens is 252 g/mol. The molecule has 1 N–H and O–H groups in total. The van der Waals surface area contributed by atoms with Gasteiger partial charge in [0.15, 0.2) is 5.17 Å². The zero-order valence-corrected chi connectivity index (χ0v) is 13.0. The van der Waals surface area contributed by atoms with E-state index in [1.54, 1.807) is 0 Å². The first-order valence-electron chi connectivity index (χ1n) is 7.20. The minimum Gasteiger partial charge on any atom is -0.360 e. The Hall–Kier alpha value is -0.960. The van der Waals surface area contributed by atoms with E-state index in [-0.39, 0.29) is 11.6 Å². The summed E-state index contributed by atoms with van der Waals surface area (Å²) in [6.45, 7) is 6.75. The van der Waals surface area contributed by atoms with Crippen molar-refractivity contribution >= 4 is 16.9 Å². The van der Waals surface area contributed by atoms with Crippen molar-refractivity contribution in [1.82, 2.24) is 5.32 Å². The van der Waals surface area contributed by atoms with Gasteiger partial charge >= 0.3 is 0 Å². The molecule has 0 aliphatic carbocycles. The second-order valence-corrected chi connectivity index (χ2v) is 6.49. The molecule has 0 spiro atoms. The van der Waals surface area contributed by atoms with Crippen LogP contribution >= 0.6 is 11.8 Å². The predicted octanol–water partition coefficient (Wildman–Crippen LogP) is 4.39. The molecule has 1 heterocycles. The maximum Gasteiger partial charge on any atom is 0.157 e. The van der Waals surface area contributed by atoms with E-state index in [4.69, 9.17) is 4.99 Å². The van der Waals surface area contributed by atoms with Crippen molar-refractivity contribution in [1.29, 1.82) is 0 Å². The van der Waals surface area contributed by atoms with E-state index in [1.807, 2.05) is 11.8 Å². The van der Waals surface area contributed by atoms with Gasteiger partial charge in [0.25, 0.3) is 0 Å². The van der Waals surface area contributed by atoms with Crippen molar-refractivity contribution in [2.75, 3.05) is 5.75 Å². The monoisotopic (exact) mass is 276 g/mol. The molecule has 1 aliphatic rings. The maximum absolute atomic E-state index is 4.94. The van der Waals surface area contributed by atoms with Crippen LogP contribution in [0.15, 0.2) is 35.3 Å². The van der Waals surface area contributed by atoms with Crippen LogP contribution in [0.4, 0.5) is 0 Å². The van der Waals surface area contributed by atoms with Gasteiger partial charge in [-0.15, -0.1) is 0 Å². The summed E-state index contributed by atoms with van der Waals surface area (Å²) >= 11 is 1.86. The van der Waals surface area contributed by atoms with Gasteiger partial charge in [0.1, 0.15) is 0 Å². The van der Waals surface area contributed by atoms with Crippen LogP contribution in [-0.2, 0) is 0 Å². The van der Waals surface area contributed by atoms with E-state index < -0.39 is 0 Å². The highest BCUT2D eigenvalue weighted by atomic mass is 32.2. The summed E-state index contributed by atoms with van der Waals surface area (Å²) in [5, 5.41) is 4.74. The van der Waals surface area contributed by atoms with E-state index in [9.17, 15) is 0 Å². The lowest BCUT2D eigenvalue weighted by Gasteiger charge is -2.35. The molecule has 0 bridgehead atoms. The molecule has 1 aromatic rings. The number of hydrogen-bond acceptors (Lipinski definition) is 2. The number of aliphatic imine (C=N–C) groups is 1. The van der Waals surface area contributed by atoms with Crippen molar-refractivity contribution < 1.29 is 0 Å². The summed E-state index contributed by atoms with van der Waals surface area (Å²) in [6.07, 6.45) is 3.41. The minimum absolute atomic E-state index is 0.221. The van der Waals surface area contributed by atoms with Crippen LogP contribution < -0.4 is 5.32 Å². The van der Waals surface area contributed by atoms with Crippen molar-refractivity contribution in [2.24, 2.45) is 4.99 Å². The van der Waals surface area contributed by atoms with Crippen LogP contribution in [0.5, 0.6) is 0 Å². The lowest BCUT2D eigenvalue weighted by Crippen LogP contribution is -2.48. The summed E-state index contributed by atoms with van der Waals surface area (Å²) in [5.74, 6) is 1.17. The number of nitrogens with one attached hydrogen (secondary N) is 1. The Balaban J connectivity index is 2.14. The Labute approximate surface area is 121 Å². The molecule has 3 heteroatoms. The first-order chi connectivity index (χ1) is 9.17. The topological polar surface area (TPSA) is 24.4 Å². The minimum atomic E-state index is 0.221. The largest absolute Gasteiger partial charge is 0.360 e. The summed E-state index contributed by atoms with van der Waals surface area (Å²) in [5.41, 5.74) is 1.53. The summed E-state index contributed by atoms with van der Waals surface area (Å²) in [7, 11) is 0. The Kier molecular flexibility index (Phi) is 4.92. The van der Waals surface area contributed by atoms with Crippen LogP contribution in [-0.4, -0.2) is 16.5 Å². The first kappa shape index (κ1) is 14.4. The van der Waals surface area contributed by atoms with Crippen LogP contribution in [0.25, 0.3) is 0 Å². The zero-order chi connectivity index (χ0) is 13.7. The molecule has 2 nitrogen and oxygen atoms in total. The first-order valence-corrected chi connectivity index (χ1v) is 8.19. The van der Waals surface area contributed by atoms with E-state index in [0.717, 1.165) is 18.0 Å². The number of rotatable bonds is 4. The lowest BCUT2D eigenvalue weighted by molar-refractivity contribution is 0.389. The molecule has 2 unspecified atom stereocenters. The van der Waals surface area contributed by atoms with Gasteiger partial charge in [0.2, 0.25) is 0 Å². The van der Waals surface area contributed by atoms with E-state index >= 15 is 0 Å². The summed E-state index contributed by atoms with van der Waals surface area (Å²) in [6, 6.07) is 10.9. The van der Waals surface area contributed by atoms with Crippen molar-refractivity contribution in [2.45, 2.75) is 51.6 Å². The molecule has 2 rings (SSSR count). The average Bonchev–Trinajstić information content (AvgIpc) is 2.46. The third-order valence-electron chi connectivity index (χ3n) is 3.93. The SMILES string of the molecule is CCC(N=C1NC(C)(CC)CCS1)c1ccccc1. The Morgan fingerprint density at radius 3 is 2.68 bits per heavy atom. The fourth-order valence-electron chi connectivity index (χ4n) is 2.28. The van der Waals surface area contributed by atoms with Gasteiger partial charge in [-0.1, -0.05) is 55.9 Å². The molecular formula is C16H24N2S. The van der Waals surface area contributed by atoms with Crippen molar-refractivity contribution in [3.05, 3.63) is 35.9 Å². The van der Waals surface area contributed by atoms with Gasteiger partial charge in [0, 0.05) is 11.3 Å². The van der Waals surface area contributed by atoms with Crippen LogP contribution in [0.1, 0.15) is 51.6 Å². The number of amidine groups is 1. The number of thioether (sulfide) groups is 1. The zero-order valence-electron chi connectivity index (χ0n) is 12.1. The van der Waals surface area contributed by atoms with Crippen LogP contribution in [0.3, 0.4) is 0 Å². The second-order valence-electron chi connectivity index (χ2n) is 5.41. The third kappa shape index (κ3) is 3.75. The molecule has 1 fully saturated rings. The maximum atomic E-state index is 4.94. The molecule has 2 atom stereocenters. The van der Waals surface area contributed by atoms with E-state index in [1.165, 1.54) is 17.7 Å². The van der Waals surface area contributed by atoms with E-state index in [2.05, 4.69) is 56.4 Å². The standard InChI is InChI=1S/C16H24N2S/c1-4-14(13-9-7-6-8-10-13)17-15-18-16(3,5-2)11-12-19-15/h6-10,14H,4-5,11-12H2,1-3H3,(H,17,18). The number of nitrogens with zero attached hydrogens (tertiary/aromatic N) is 1. The van der Waals surface area contributed by atoms with E-state index in [0.29, 0.717) is 0 Å². The highest BCUT2D eigenvalue weighted by Crippen LogP contribution is 2.28. The van der Waals surface area contributed by atoms with Crippen LogP contribution in [0.2, 0.25) is 0 Å². The smallest absolute Gasteiger partial charge is 0.157 e. The number of hydrogen-bond donors (Lipinski definition) is 1. The van der Waals surface area contributed by atoms with Gasteiger partial charge < -0.3 is 5.32 Å². The molecule has 0 saturated carbocycles. The van der Waals surface area contributed by atoms with Crippen molar-refractivity contribution in [3.8, 4) is 0 Å². The summed E-state index contributed by atoms with van der Waals surface area (Å²) in [4.78, 5) is 4.94. The molecule has 0 radical (unpaired) electrons.